The molecule has 0 amide bonds. The first-order chi connectivity index (χ1) is 8.13. The standard InChI is InChI=1S/C12H23N3O2/c1-9-6-10(2-5-17-9)14-8-12(3-4-12)7-11(13)15-16/h9-10,14,16H,2-8H2,1H3,(H2,13,15). The number of nitrogens with two attached hydrogens (primary N) is 1. The third-order valence-corrected chi connectivity index (χ3v) is 3.89. The number of nitrogens with one attached hydrogen (secondary N) is 1. The van der Waals surface area contributed by atoms with E-state index in [1.54, 1.807) is 0 Å². The minimum Gasteiger partial charge on any atom is -0.409 e. The molecule has 0 aromatic rings. The molecule has 2 rings (SSSR count). The molecular formula is C12H23N3O2. The Morgan fingerprint density at radius 3 is 2.94 bits per heavy atom. The van der Waals surface area contributed by atoms with Gasteiger partial charge in [0.2, 0.25) is 0 Å². The molecule has 0 aromatic heterocycles. The van der Waals surface area contributed by atoms with Crippen LogP contribution in [0.2, 0.25) is 0 Å². The average molecular weight is 241 g/mol. The Morgan fingerprint density at radius 1 is 1.59 bits per heavy atom. The molecule has 0 bridgehead atoms. The molecule has 2 fully saturated rings. The summed E-state index contributed by atoms with van der Waals surface area (Å²) in [6.07, 6.45) is 5.59. The fourth-order valence-electron chi connectivity index (χ4n) is 2.56. The molecule has 0 aromatic carbocycles. The molecule has 5 heteroatoms. The number of rotatable bonds is 5. The summed E-state index contributed by atoms with van der Waals surface area (Å²) in [7, 11) is 0. The smallest absolute Gasteiger partial charge is 0.139 e. The van der Waals surface area contributed by atoms with Crippen LogP contribution in [-0.2, 0) is 4.74 Å². The molecule has 2 atom stereocenters. The fraction of sp³-hybridized carbons (Fsp3) is 0.917. The van der Waals surface area contributed by atoms with Crippen molar-refractivity contribution in [3.05, 3.63) is 0 Å². The molecule has 98 valence electrons. The largest absolute Gasteiger partial charge is 0.409 e. The topological polar surface area (TPSA) is 79.9 Å². The number of ether oxygens (including phenoxy) is 1. The molecule has 1 aliphatic carbocycles. The number of nitrogens with zero attached hydrogens (tertiary/aromatic N) is 1. The molecule has 17 heavy (non-hydrogen) atoms. The number of hydrogen-bond donors (Lipinski definition) is 3. The van der Waals surface area contributed by atoms with Gasteiger partial charge in [-0.15, -0.1) is 0 Å². The highest BCUT2D eigenvalue weighted by atomic mass is 16.5. The molecule has 2 aliphatic rings. The van der Waals surface area contributed by atoms with Crippen LogP contribution in [0.5, 0.6) is 0 Å². The molecule has 2 unspecified atom stereocenters. The summed E-state index contributed by atoms with van der Waals surface area (Å²) in [6.45, 7) is 3.95. The van der Waals surface area contributed by atoms with Crippen LogP contribution in [0.15, 0.2) is 5.16 Å². The van der Waals surface area contributed by atoms with E-state index in [0.29, 0.717) is 24.4 Å². The van der Waals surface area contributed by atoms with Gasteiger partial charge in [-0.1, -0.05) is 5.16 Å². The second-order valence-electron chi connectivity index (χ2n) is 5.55. The number of oxime groups is 1. The molecule has 5 nitrogen and oxygen atoms in total. The third kappa shape index (κ3) is 3.57. The normalized spacial score (nSPS) is 32.4. The summed E-state index contributed by atoms with van der Waals surface area (Å²) in [5, 5.41) is 15.3. The summed E-state index contributed by atoms with van der Waals surface area (Å²) in [5.41, 5.74) is 5.83. The zero-order valence-electron chi connectivity index (χ0n) is 10.5. The first kappa shape index (κ1) is 12.6. The van der Waals surface area contributed by atoms with Crippen LogP contribution in [0.25, 0.3) is 0 Å². The van der Waals surface area contributed by atoms with Crippen LogP contribution in [-0.4, -0.2) is 36.3 Å². The Hall–Kier alpha value is -0.810. The van der Waals surface area contributed by atoms with Gasteiger partial charge in [-0.05, 0) is 38.0 Å². The van der Waals surface area contributed by atoms with E-state index < -0.39 is 0 Å². The summed E-state index contributed by atoms with van der Waals surface area (Å²) in [6, 6.07) is 0.559. The lowest BCUT2D eigenvalue weighted by Gasteiger charge is -2.29. The third-order valence-electron chi connectivity index (χ3n) is 3.89. The van der Waals surface area contributed by atoms with E-state index in [-0.39, 0.29) is 5.41 Å². The molecule has 1 heterocycles. The van der Waals surface area contributed by atoms with Gasteiger partial charge in [0.25, 0.3) is 0 Å². The molecule has 1 aliphatic heterocycles. The van der Waals surface area contributed by atoms with Crippen LogP contribution in [0, 0.1) is 5.41 Å². The van der Waals surface area contributed by atoms with Crippen LogP contribution >= 0.6 is 0 Å². The van der Waals surface area contributed by atoms with E-state index in [2.05, 4.69) is 17.4 Å². The lowest BCUT2D eigenvalue weighted by molar-refractivity contribution is 0.0125. The summed E-state index contributed by atoms with van der Waals surface area (Å²) >= 11 is 0. The monoisotopic (exact) mass is 241 g/mol. The van der Waals surface area contributed by atoms with E-state index in [1.165, 1.54) is 12.8 Å². The Morgan fingerprint density at radius 2 is 2.35 bits per heavy atom. The average Bonchev–Trinajstić information content (AvgIpc) is 3.07. The number of amidine groups is 1. The Kier molecular flexibility index (Phi) is 3.89. The second-order valence-corrected chi connectivity index (χ2v) is 5.55. The van der Waals surface area contributed by atoms with Gasteiger partial charge in [-0.3, -0.25) is 0 Å². The van der Waals surface area contributed by atoms with Crippen molar-refractivity contribution in [3.63, 3.8) is 0 Å². The van der Waals surface area contributed by atoms with Gasteiger partial charge in [-0.25, -0.2) is 0 Å². The van der Waals surface area contributed by atoms with Crippen LogP contribution < -0.4 is 11.1 Å². The maximum Gasteiger partial charge on any atom is 0.139 e. The van der Waals surface area contributed by atoms with Gasteiger partial charge in [0.1, 0.15) is 5.84 Å². The summed E-state index contributed by atoms with van der Waals surface area (Å²) in [4.78, 5) is 0. The second kappa shape index (κ2) is 5.23. The molecule has 1 saturated carbocycles. The van der Waals surface area contributed by atoms with Gasteiger partial charge in [0, 0.05) is 25.6 Å². The molecular weight excluding hydrogens is 218 g/mol. The SMILES string of the molecule is CC1CC(NCC2(CC(N)=NO)CC2)CCO1. The highest BCUT2D eigenvalue weighted by Gasteiger charge is 2.43. The van der Waals surface area contributed by atoms with E-state index in [0.717, 1.165) is 26.0 Å². The van der Waals surface area contributed by atoms with E-state index in [1.807, 2.05) is 0 Å². The van der Waals surface area contributed by atoms with E-state index in [9.17, 15) is 0 Å². The summed E-state index contributed by atoms with van der Waals surface area (Å²) < 4.78 is 5.53. The minimum atomic E-state index is 0.248. The van der Waals surface area contributed by atoms with Gasteiger partial charge in [0.15, 0.2) is 0 Å². The van der Waals surface area contributed by atoms with E-state index in [4.69, 9.17) is 15.7 Å². The molecule has 1 saturated heterocycles. The first-order valence-corrected chi connectivity index (χ1v) is 6.45. The predicted octanol–water partition coefficient (Wildman–Crippen LogP) is 1.06. The van der Waals surface area contributed by atoms with Crippen molar-refractivity contribution in [2.75, 3.05) is 13.2 Å². The zero-order chi connectivity index (χ0) is 12.3. The van der Waals surface area contributed by atoms with Crippen molar-refractivity contribution in [2.45, 2.75) is 51.2 Å². The highest BCUT2D eigenvalue weighted by molar-refractivity contribution is 5.80. The van der Waals surface area contributed by atoms with Crippen LogP contribution in [0.1, 0.15) is 39.0 Å². The lowest BCUT2D eigenvalue weighted by Crippen LogP contribution is -2.41. The van der Waals surface area contributed by atoms with Crippen molar-refractivity contribution >= 4 is 5.84 Å². The molecule has 0 spiro atoms. The summed E-state index contributed by atoms with van der Waals surface area (Å²) in [5.74, 6) is 0.352. The predicted molar refractivity (Wildman–Crippen MR) is 66.1 cm³/mol. The van der Waals surface area contributed by atoms with Crippen molar-refractivity contribution in [1.82, 2.24) is 5.32 Å². The maximum absolute atomic E-state index is 8.60. The van der Waals surface area contributed by atoms with Gasteiger partial charge in [-0.2, -0.15) is 0 Å². The van der Waals surface area contributed by atoms with Crippen LogP contribution in [0.4, 0.5) is 0 Å². The van der Waals surface area contributed by atoms with Crippen molar-refractivity contribution < 1.29 is 9.94 Å². The quantitative estimate of drug-likeness (QED) is 0.291. The van der Waals surface area contributed by atoms with Crippen molar-refractivity contribution in [2.24, 2.45) is 16.3 Å². The lowest BCUT2D eigenvalue weighted by atomic mass is 9.99. The molecule has 4 N–H and O–H groups in total. The molecule has 0 radical (unpaired) electrons. The Labute approximate surface area is 102 Å². The van der Waals surface area contributed by atoms with Crippen LogP contribution in [0.3, 0.4) is 0 Å². The zero-order valence-corrected chi connectivity index (χ0v) is 10.5. The minimum absolute atomic E-state index is 0.248. The fourth-order valence-corrected chi connectivity index (χ4v) is 2.56. The number of hydrogen-bond acceptors (Lipinski definition) is 4. The van der Waals surface area contributed by atoms with Crippen molar-refractivity contribution in [1.29, 1.82) is 0 Å². The maximum atomic E-state index is 8.60. The van der Waals surface area contributed by atoms with Crippen molar-refractivity contribution in [3.8, 4) is 0 Å². The van der Waals surface area contributed by atoms with Gasteiger partial charge < -0.3 is 21.0 Å². The van der Waals surface area contributed by atoms with Gasteiger partial charge in [0.05, 0.1) is 6.10 Å². The highest BCUT2D eigenvalue weighted by Crippen LogP contribution is 2.48. The van der Waals surface area contributed by atoms with Gasteiger partial charge >= 0.3 is 0 Å². The van der Waals surface area contributed by atoms with E-state index >= 15 is 0 Å². The Bertz CT molecular complexity index is 289. The Balaban J connectivity index is 1.74. The first-order valence-electron chi connectivity index (χ1n) is 6.45.